The minimum atomic E-state index is -0.569. The van der Waals surface area contributed by atoms with E-state index in [1.165, 1.54) is 116 Å². The van der Waals surface area contributed by atoms with Crippen LogP contribution in [0, 0.1) is 31.6 Å². The minimum absolute atomic E-state index is 0.212. The van der Waals surface area contributed by atoms with Gasteiger partial charge in [-0.25, -0.2) is 39.9 Å². The van der Waals surface area contributed by atoms with Crippen molar-refractivity contribution in [3.63, 3.8) is 0 Å². The van der Waals surface area contributed by atoms with E-state index >= 15 is 0 Å². The fourth-order valence-electron chi connectivity index (χ4n) is 14.3. The Hall–Kier alpha value is -9.80. The third-order valence-electron chi connectivity index (χ3n) is 20.5. The first-order chi connectivity index (χ1) is 55.4. The van der Waals surface area contributed by atoms with Crippen molar-refractivity contribution in [2.24, 2.45) is 0 Å². The first-order valence-corrected chi connectivity index (χ1v) is 40.8. The number of benzene rings is 4. The molecule has 4 aromatic heterocycles. The van der Waals surface area contributed by atoms with Crippen molar-refractivity contribution in [2.45, 2.75) is 184 Å². The molecule has 8 aromatic rings. The summed E-state index contributed by atoms with van der Waals surface area (Å²) in [5.41, 5.74) is 5.55. The molecular formula is C89H123N17O8. The van der Waals surface area contributed by atoms with Crippen molar-refractivity contribution in [1.29, 1.82) is 0 Å². The Morgan fingerprint density at radius 1 is 0.377 bits per heavy atom. The summed E-state index contributed by atoms with van der Waals surface area (Å²) in [6.45, 7) is 4.85. The average Bonchev–Trinajstić information content (AvgIpc) is 0.829. The normalized spacial score (nSPS) is 15.7. The standard InChI is InChI=1S/C23H30N4O2.C22H33N5O2.C22H32N4O2.C22H28N4O2/c1-4-18-14-22(27(3)19-10-6-5-7-11-19)26-23(25-18)17-9-8-12-21(13-17)29-16-20(28)15-24-2;1-23-14-18(28)15-29-19-11-7-8-16(12-19)22-25-20(13-21(26-22)27(2)3)24-17-9-5-4-6-10-17;1-16-12-21(26(3)18-9-5-4-6-10-18)25-22(24-16)17-8-7-11-20(13-17)28-15-19(27)14-23-2;1-3-17-13-21(24-18-9-5-4-6-10-18)26-22(25-17)16-8-7-11-20(12-16)28-15-19(27)14-23-2/h1,8-9,12-14,19-20,24,28H,5-7,10-11,15-16H2,2-3H3;7-8,11-13,17-18,23,28H,4-6,9-10,14-15H2,1-3H3,(H,24,25,26);7-8,11-13,18-19,23,27H,4-6,9-10,14-15H2,1-3H3;1,7-8,11-13,18-19,23,27H,4-6,9-10,14-15H2,2H3,(H,24,25,26). The zero-order valence-corrected chi connectivity index (χ0v) is 68.5. The van der Waals surface area contributed by atoms with Gasteiger partial charge in [-0.1, -0.05) is 137 Å². The number of likely N-dealkylation sites (N-methyl/N-ethyl adjacent to an activating group) is 4. The van der Waals surface area contributed by atoms with Gasteiger partial charge < -0.3 is 86.0 Å². The molecule has 4 atom stereocenters. The highest BCUT2D eigenvalue weighted by Gasteiger charge is 2.25. The average molecular weight is 1560 g/mol. The third kappa shape index (κ3) is 28.9. The molecule has 4 aliphatic rings. The summed E-state index contributed by atoms with van der Waals surface area (Å²) in [5, 5.41) is 58.2. The number of hydrogen-bond acceptors (Lipinski definition) is 25. The van der Waals surface area contributed by atoms with Crippen LogP contribution in [0.15, 0.2) is 121 Å². The highest BCUT2D eigenvalue weighted by atomic mass is 16.5. The summed E-state index contributed by atoms with van der Waals surface area (Å²) < 4.78 is 22.9. The van der Waals surface area contributed by atoms with E-state index in [9.17, 15) is 20.4 Å². The van der Waals surface area contributed by atoms with Gasteiger partial charge in [0.15, 0.2) is 23.3 Å². The maximum atomic E-state index is 9.86. The molecule has 612 valence electrons. The second-order valence-corrected chi connectivity index (χ2v) is 30.2. The lowest BCUT2D eigenvalue weighted by atomic mass is 9.94. The van der Waals surface area contributed by atoms with Gasteiger partial charge in [0.2, 0.25) is 0 Å². The number of aryl methyl sites for hydroxylation is 1. The van der Waals surface area contributed by atoms with E-state index in [1.54, 1.807) is 28.2 Å². The molecule has 25 heteroatoms. The molecule has 114 heavy (non-hydrogen) atoms. The predicted octanol–water partition coefficient (Wildman–Crippen LogP) is 11.8. The summed E-state index contributed by atoms with van der Waals surface area (Å²) in [7, 11) is 15.4. The Kier molecular flexibility index (Phi) is 36.5. The SMILES string of the molecule is C#Cc1cc(N(C)C2CCCCC2)nc(-c2cccc(OCC(O)CNC)c2)n1.C#Cc1cc(NC2CCCCC2)nc(-c2cccc(OCC(O)CNC)c2)n1.CNCC(O)COc1cccc(-c2nc(C)cc(N(C)C3CCCCC3)n2)c1.CNCC(O)COc1cccc(-c2nc(NC3CCCCC3)cc(N(C)C)n2)c1. The van der Waals surface area contributed by atoms with Gasteiger partial charge in [0, 0.05) is 131 Å². The van der Waals surface area contributed by atoms with Gasteiger partial charge in [0.25, 0.3) is 0 Å². The fourth-order valence-corrected chi connectivity index (χ4v) is 14.3. The molecule has 10 N–H and O–H groups in total. The van der Waals surface area contributed by atoms with Crippen molar-refractivity contribution < 1.29 is 39.4 Å². The molecular weight excluding hydrogens is 1440 g/mol. The van der Waals surface area contributed by atoms with Crippen LogP contribution in [-0.4, -0.2) is 218 Å². The number of nitrogens with one attached hydrogen (secondary N) is 6. The van der Waals surface area contributed by atoms with Crippen LogP contribution in [0.1, 0.15) is 145 Å². The van der Waals surface area contributed by atoms with E-state index in [0.29, 0.717) is 108 Å². The molecule has 4 heterocycles. The smallest absolute Gasteiger partial charge is 0.163 e. The summed E-state index contributed by atoms with van der Waals surface area (Å²) >= 11 is 0. The van der Waals surface area contributed by atoms with Crippen LogP contribution >= 0.6 is 0 Å². The number of hydrogen-bond donors (Lipinski definition) is 10. The maximum absolute atomic E-state index is 9.86. The van der Waals surface area contributed by atoms with Crippen LogP contribution in [0.2, 0.25) is 0 Å². The summed E-state index contributed by atoms with van der Waals surface area (Å²) in [6, 6.07) is 40.3. The molecule has 0 aliphatic heterocycles. The van der Waals surface area contributed by atoms with Crippen LogP contribution in [0.4, 0.5) is 29.1 Å². The lowest BCUT2D eigenvalue weighted by Gasteiger charge is -2.32. The number of terminal acetylenes is 2. The summed E-state index contributed by atoms with van der Waals surface area (Å²) in [6.07, 6.45) is 34.0. The van der Waals surface area contributed by atoms with E-state index in [2.05, 4.69) is 93.6 Å². The van der Waals surface area contributed by atoms with Crippen molar-refractivity contribution in [2.75, 3.05) is 134 Å². The Bertz CT molecular complexity index is 4270. The molecule has 0 saturated heterocycles. The van der Waals surface area contributed by atoms with Crippen molar-refractivity contribution >= 4 is 29.1 Å². The van der Waals surface area contributed by atoms with Gasteiger partial charge in [0.05, 0.1) is 0 Å². The quantitative estimate of drug-likeness (QED) is 0.0171. The number of aliphatic hydroxyl groups excluding tert-OH is 4. The fraction of sp³-hybridized carbons (Fsp3) is 0.506. The van der Waals surface area contributed by atoms with Gasteiger partial charge in [-0.15, -0.1) is 12.8 Å². The Morgan fingerprint density at radius 2 is 0.684 bits per heavy atom. The summed E-state index contributed by atoms with van der Waals surface area (Å²) in [4.78, 5) is 44.0. The van der Waals surface area contributed by atoms with Crippen LogP contribution in [0.5, 0.6) is 23.0 Å². The molecule has 12 rings (SSSR count). The van der Waals surface area contributed by atoms with Crippen LogP contribution in [0.25, 0.3) is 45.6 Å². The van der Waals surface area contributed by atoms with Gasteiger partial charge in [-0.3, -0.25) is 0 Å². The molecule has 0 amide bonds. The molecule has 0 radical (unpaired) electrons. The maximum Gasteiger partial charge on any atom is 0.163 e. The first kappa shape index (κ1) is 88.2. The second kappa shape index (κ2) is 47.1. The molecule has 0 spiro atoms. The summed E-state index contributed by atoms with van der Waals surface area (Å²) in [5.74, 6) is 14.8. The number of nitrogens with zero attached hydrogens (tertiary/aromatic N) is 11. The van der Waals surface area contributed by atoms with E-state index in [1.807, 2.05) is 141 Å². The highest BCUT2D eigenvalue weighted by molar-refractivity contribution is 5.65. The minimum Gasteiger partial charge on any atom is -0.491 e. The molecule has 25 nitrogen and oxygen atoms in total. The Labute approximate surface area is 676 Å². The second-order valence-electron chi connectivity index (χ2n) is 30.2. The molecule has 0 bridgehead atoms. The molecule has 4 saturated carbocycles. The Balaban J connectivity index is 0.000000174. The number of rotatable bonds is 33. The molecule has 4 aliphatic carbocycles. The van der Waals surface area contributed by atoms with Gasteiger partial charge >= 0.3 is 0 Å². The zero-order chi connectivity index (χ0) is 81.0. The monoisotopic (exact) mass is 1560 g/mol. The topological polar surface area (TPSA) is 303 Å². The van der Waals surface area contributed by atoms with Gasteiger partial charge in [0.1, 0.15) is 114 Å². The van der Waals surface area contributed by atoms with E-state index < -0.39 is 24.4 Å². The van der Waals surface area contributed by atoms with Crippen molar-refractivity contribution in [3.8, 4) is 93.2 Å². The number of anilines is 5. The van der Waals surface area contributed by atoms with Crippen LogP contribution in [-0.2, 0) is 0 Å². The molecule has 4 unspecified atom stereocenters. The van der Waals surface area contributed by atoms with E-state index in [4.69, 9.17) is 51.7 Å². The first-order valence-electron chi connectivity index (χ1n) is 40.8. The van der Waals surface area contributed by atoms with Gasteiger partial charge in [-0.05, 0) is 135 Å². The van der Waals surface area contributed by atoms with Crippen molar-refractivity contribution in [3.05, 3.63) is 138 Å². The molecule has 4 aromatic carbocycles. The lowest BCUT2D eigenvalue weighted by molar-refractivity contribution is 0.108. The molecule has 4 fully saturated rings. The zero-order valence-electron chi connectivity index (χ0n) is 68.5. The number of aromatic nitrogens is 8. The lowest BCUT2D eigenvalue weighted by Crippen LogP contribution is -2.34. The number of ether oxygens (including phenoxy) is 4. The van der Waals surface area contributed by atoms with Gasteiger partial charge in [-0.2, -0.15) is 0 Å². The predicted molar refractivity (Wildman–Crippen MR) is 458 cm³/mol. The van der Waals surface area contributed by atoms with Crippen LogP contribution < -0.4 is 65.5 Å². The number of aliphatic hydroxyl groups is 4. The third-order valence-corrected chi connectivity index (χ3v) is 20.5. The highest BCUT2D eigenvalue weighted by Crippen LogP contribution is 2.33. The van der Waals surface area contributed by atoms with Crippen LogP contribution in [0.3, 0.4) is 0 Å². The Morgan fingerprint density at radius 3 is 1.04 bits per heavy atom. The van der Waals surface area contributed by atoms with Crippen molar-refractivity contribution in [1.82, 2.24) is 61.1 Å². The van der Waals surface area contributed by atoms with E-state index in [-0.39, 0.29) is 26.4 Å². The largest absolute Gasteiger partial charge is 0.491 e. The van der Waals surface area contributed by atoms with E-state index in [0.717, 1.165) is 69.9 Å².